The average Bonchev–Trinajstić information content (AvgIpc) is 3.15. The van der Waals surface area contributed by atoms with Crippen LogP contribution in [0.2, 0.25) is 0 Å². The summed E-state index contributed by atoms with van der Waals surface area (Å²) in [5, 5.41) is 9.51. The number of aliphatic hydroxyl groups is 1. The second kappa shape index (κ2) is 9.36. The molecule has 4 aliphatic rings. The molecule has 2 saturated heterocycles. The van der Waals surface area contributed by atoms with E-state index in [0.717, 1.165) is 12.8 Å². The summed E-state index contributed by atoms with van der Waals surface area (Å²) in [4.78, 5) is 44.8. The van der Waals surface area contributed by atoms with Gasteiger partial charge >= 0.3 is 5.97 Å². The molecule has 0 aromatic carbocycles. The van der Waals surface area contributed by atoms with E-state index < -0.39 is 41.1 Å². The molecule has 5 atom stereocenters. The molecular formula is C27H40N2O6. The Kier molecular flexibility index (Phi) is 6.92. The van der Waals surface area contributed by atoms with Crippen LogP contribution in [0.5, 0.6) is 0 Å². The van der Waals surface area contributed by atoms with Crippen LogP contribution in [0, 0.1) is 17.3 Å². The summed E-state index contributed by atoms with van der Waals surface area (Å²) < 4.78 is 12.1. The summed E-state index contributed by atoms with van der Waals surface area (Å²) in [7, 11) is 0. The third kappa shape index (κ3) is 4.55. The van der Waals surface area contributed by atoms with Crippen LogP contribution in [0.3, 0.4) is 0 Å². The van der Waals surface area contributed by atoms with Crippen molar-refractivity contribution in [2.75, 3.05) is 26.3 Å². The van der Waals surface area contributed by atoms with Crippen molar-refractivity contribution in [1.29, 1.82) is 0 Å². The summed E-state index contributed by atoms with van der Waals surface area (Å²) in [5.41, 5.74) is -1.73. The van der Waals surface area contributed by atoms with Crippen molar-refractivity contribution in [3.8, 4) is 0 Å². The molecule has 0 aliphatic carbocycles. The van der Waals surface area contributed by atoms with Crippen molar-refractivity contribution in [3.63, 3.8) is 0 Å². The lowest BCUT2D eigenvalue weighted by atomic mass is 9.77. The fraction of sp³-hybridized carbons (Fsp3) is 0.741. The first-order valence-electron chi connectivity index (χ1n) is 12.8. The molecule has 4 aliphatic heterocycles. The number of carbonyl (C=O) groups is 3. The van der Waals surface area contributed by atoms with Gasteiger partial charge in [0.2, 0.25) is 11.8 Å². The number of hydrogen-bond acceptors (Lipinski definition) is 6. The number of carbonyl (C=O) groups excluding carboxylic acids is 3. The summed E-state index contributed by atoms with van der Waals surface area (Å²) in [6.45, 7) is 11.4. The van der Waals surface area contributed by atoms with E-state index >= 15 is 0 Å². The minimum atomic E-state index is -1.26. The van der Waals surface area contributed by atoms with E-state index in [2.05, 4.69) is 34.6 Å². The molecule has 1 unspecified atom stereocenters. The van der Waals surface area contributed by atoms with Crippen molar-refractivity contribution in [2.24, 2.45) is 17.3 Å². The Balaban J connectivity index is 1.79. The van der Waals surface area contributed by atoms with Crippen LogP contribution in [0.25, 0.3) is 0 Å². The number of cyclic esters (lactones) is 1. The predicted molar refractivity (Wildman–Crippen MR) is 130 cm³/mol. The Morgan fingerprint density at radius 3 is 2.54 bits per heavy atom. The molecule has 0 bridgehead atoms. The molecule has 2 fully saturated rings. The zero-order chi connectivity index (χ0) is 25.6. The van der Waals surface area contributed by atoms with Crippen molar-refractivity contribution in [2.45, 2.75) is 83.6 Å². The SMILES string of the molecule is CC(C)(C)CC(C)(C)N1CC=C[C@]23O[C@H]4/C=C\CCCOC(=O)[C@H]4[C@H]2C(=O)N(CCCO)C3C1=O. The van der Waals surface area contributed by atoms with E-state index in [0.29, 0.717) is 26.0 Å². The number of ether oxygens (including phenoxy) is 2. The van der Waals surface area contributed by atoms with E-state index in [1.807, 2.05) is 29.2 Å². The average molecular weight is 489 g/mol. The van der Waals surface area contributed by atoms with Gasteiger partial charge in [0, 0.05) is 25.2 Å². The number of esters is 1. The Bertz CT molecular complexity index is 919. The second-order valence-corrected chi connectivity index (χ2v) is 12.1. The molecule has 8 heteroatoms. The highest BCUT2D eigenvalue weighted by Crippen LogP contribution is 2.53. The van der Waals surface area contributed by atoms with E-state index in [-0.39, 0.29) is 30.4 Å². The summed E-state index contributed by atoms with van der Waals surface area (Å²) in [5.74, 6) is -2.58. The normalized spacial score (nSPS) is 34.4. The predicted octanol–water partition coefficient (Wildman–Crippen LogP) is 2.46. The number of aliphatic hydroxyl groups excluding tert-OH is 1. The number of rotatable bonds is 5. The largest absolute Gasteiger partial charge is 0.465 e. The van der Waals surface area contributed by atoms with Crippen LogP contribution in [0.4, 0.5) is 0 Å². The summed E-state index contributed by atoms with van der Waals surface area (Å²) in [6.07, 6.45) is 9.54. The van der Waals surface area contributed by atoms with Crippen LogP contribution in [0.1, 0.15) is 60.3 Å². The number of likely N-dealkylation sites (tertiary alicyclic amines) is 1. The van der Waals surface area contributed by atoms with E-state index in [1.165, 1.54) is 0 Å². The van der Waals surface area contributed by atoms with Crippen LogP contribution < -0.4 is 0 Å². The van der Waals surface area contributed by atoms with Gasteiger partial charge in [-0.15, -0.1) is 0 Å². The Morgan fingerprint density at radius 1 is 1.11 bits per heavy atom. The Hall–Kier alpha value is -2.19. The molecule has 2 amide bonds. The standard InChI is InChI=1S/C27H40N2O6/c1-25(2,3)17-26(4,5)29-14-9-12-27-20(22(31)28(13-10-15-30)21(27)23(29)32)19-18(35-27)11-7-6-8-16-34-24(19)33/h7,9,11-12,18-21,30H,6,8,10,13-17H2,1-5H3/b11-7-/t18-,19+,20-,21?,27-/m0/s1. The minimum Gasteiger partial charge on any atom is -0.465 e. The molecule has 194 valence electrons. The molecular weight excluding hydrogens is 448 g/mol. The number of allylic oxidation sites excluding steroid dienone is 1. The molecule has 1 spiro atoms. The van der Waals surface area contributed by atoms with Gasteiger partial charge < -0.3 is 24.4 Å². The highest BCUT2D eigenvalue weighted by atomic mass is 16.6. The van der Waals surface area contributed by atoms with Crippen LogP contribution in [-0.4, -0.2) is 82.3 Å². The number of fused-ring (bicyclic) bond motifs is 2. The summed E-state index contributed by atoms with van der Waals surface area (Å²) in [6, 6.07) is -0.902. The van der Waals surface area contributed by atoms with Crippen LogP contribution in [-0.2, 0) is 23.9 Å². The zero-order valence-electron chi connectivity index (χ0n) is 21.7. The van der Waals surface area contributed by atoms with Gasteiger partial charge in [-0.2, -0.15) is 0 Å². The first kappa shape index (κ1) is 25.9. The molecule has 1 N–H and O–H groups in total. The van der Waals surface area contributed by atoms with Crippen molar-refractivity contribution in [3.05, 3.63) is 24.3 Å². The monoisotopic (exact) mass is 488 g/mol. The van der Waals surface area contributed by atoms with Crippen LogP contribution in [0.15, 0.2) is 24.3 Å². The lowest BCUT2D eigenvalue weighted by Crippen LogP contribution is -2.60. The molecule has 0 radical (unpaired) electrons. The fourth-order valence-corrected chi connectivity index (χ4v) is 6.67. The van der Waals surface area contributed by atoms with Gasteiger partial charge in [-0.05, 0) is 44.9 Å². The number of amides is 2. The lowest BCUT2D eigenvalue weighted by Gasteiger charge is -2.44. The Labute approximate surface area is 208 Å². The first-order valence-corrected chi connectivity index (χ1v) is 12.8. The van der Waals surface area contributed by atoms with Gasteiger partial charge in [-0.25, -0.2) is 0 Å². The Morgan fingerprint density at radius 2 is 1.86 bits per heavy atom. The summed E-state index contributed by atoms with van der Waals surface area (Å²) >= 11 is 0. The smallest absolute Gasteiger partial charge is 0.312 e. The van der Waals surface area contributed by atoms with E-state index in [9.17, 15) is 19.5 Å². The highest BCUT2D eigenvalue weighted by molar-refractivity contribution is 5.99. The maximum absolute atomic E-state index is 14.3. The van der Waals surface area contributed by atoms with Crippen LogP contribution >= 0.6 is 0 Å². The zero-order valence-corrected chi connectivity index (χ0v) is 21.7. The highest BCUT2D eigenvalue weighted by Gasteiger charge is 2.72. The van der Waals surface area contributed by atoms with Gasteiger partial charge in [0.15, 0.2) is 0 Å². The molecule has 0 aromatic heterocycles. The van der Waals surface area contributed by atoms with E-state index in [4.69, 9.17) is 9.47 Å². The number of hydrogen-bond donors (Lipinski definition) is 1. The second-order valence-electron chi connectivity index (χ2n) is 12.1. The molecule has 4 rings (SSSR count). The quantitative estimate of drug-likeness (QED) is 0.472. The molecule has 4 heterocycles. The fourth-order valence-electron chi connectivity index (χ4n) is 6.67. The number of nitrogens with zero attached hydrogens (tertiary/aromatic N) is 2. The van der Waals surface area contributed by atoms with Gasteiger partial charge in [-0.3, -0.25) is 14.4 Å². The van der Waals surface area contributed by atoms with Crippen molar-refractivity contribution in [1.82, 2.24) is 9.80 Å². The topological polar surface area (TPSA) is 96.4 Å². The minimum absolute atomic E-state index is 0.00947. The maximum Gasteiger partial charge on any atom is 0.312 e. The third-order valence-electron chi connectivity index (χ3n) is 7.60. The van der Waals surface area contributed by atoms with Gasteiger partial charge in [-0.1, -0.05) is 45.1 Å². The third-order valence-corrected chi connectivity index (χ3v) is 7.60. The van der Waals surface area contributed by atoms with Gasteiger partial charge in [0.25, 0.3) is 0 Å². The molecule has 0 saturated carbocycles. The maximum atomic E-state index is 14.3. The van der Waals surface area contributed by atoms with Gasteiger partial charge in [0.1, 0.15) is 17.6 Å². The van der Waals surface area contributed by atoms with Gasteiger partial charge in [0.05, 0.1) is 18.6 Å². The van der Waals surface area contributed by atoms with Crippen molar-refractivity contribution < 1.29 is 29.0 Å². The molecule has 0 aromatic rings. The molecule has 8 nitrogen and oxygen atoms in total. The molecule has 35 heavy (non-hydrogen) atoms. The van der Waals surface area contributed by atoms with Crippen molar-refractivity contribution >= 4 is 17.8 Å². The first-order chi connectivity index (χ1) is 16.4. The lowest BCUT2D eigenvalue weighted by molar-refractivity contribution is -0.155. The van der Waals surface area contributed by atoms with E-state index in [1.54, 1.807) is 4.90 Å².